The molecule has 6 nitrogen and oxygen atoms in total. The van der Waals surface area contributed by atoms with Gasteiger partial charge in [0.2, 0.25) is 0 Å². The van der Waals surface area contributed by atoms with Crippen LogP contribution in [0.4, 0.5) is 4.79 Å². The third-order valence-corrected chi connectivity index (χ3v) is 3.97. The summed E-state index contributed by atoms with van der Waals surface area (Å²) >= 11 is 0. The van der Waals surface area contributed by atoms with E-state index in [1.165, 1.54) is 0 Å². The van der Waals surface area contributed by atoms with Crippen molar-refractivity contribution in [2.24, 2.45) is 0 Å². The van der Waals surface area contributed by atoms with E-state index in [9.17, 15) is 15.0 Å². The number of para-hydroxylation sites is 2. The molecule has 2 atom stereocenters. The van der Waals surface area contributed by atoms with Gasteiger partial charge in [-0.15, -0.1) is 0 Å². The summed E-state index contributed by atoms with van der Waals surface area (Å²) in [6.07, 6.45) is -3.07. The zero-order valence-electron chi connectivity index (χ0n) is 15.0. The zero-order valence-corrected chi connectivity index (χ0v) is 15.0. The molecule has 6 heteroatoms. The maximum Gasteiger partial charge on any atom is 0.407 e. The fourth-order valence-electron chi connectivity index (χ4n) is 2.82. The number of hydrogen-bond acceptors (Lipinski definition) is 5. The van der Waals surface area contributed by atoms with Crippen LogP contribution in [0.25, 0.3) is 21.9 Å². The van der Waals surface area contributed by atoms with Crippen LogP contribution >= 0.6 is 0 Å². The van der Waals surface area contributed by atoms with Crippen LogP contribution in [-0.2, 0) is 4.74 Å². The van der Waals surface area contributed by atoms with Crippen molar-refractivity contribution in [1.29, 1.82) is 0 Å². The highest BCUT2D eigenvalue weighted by Gasteiger charge is 2.24. The first kappa shape index (κ1) is 18.2. The number of nitrogens with one attached hydrogen (secondary N) is 1. The molecule has 2 unspecified atom stereocenters. The summed E-state index contributed by atoms with van der Waals surface area (Å²) in [6.45, 7) is 5.10. The van der Waals surface area contributed by atoms with Crippen LogP contribution in [0.15, 0.2) is 46.9 Å². The van der Waals surface area contributed by atoms with Gasteiger partial charge in [-0.25, -0.2) is 4.79 Å². The fraction of sp³-hybridized carbons (Fsp3) is 0.350. The Balaban J connectivity index is 1.79. The Kier molecular flexibility index (Phi) is 4.89. The zero-order chi connectivity index (χ0) is 18.9. The van der Waals surface area contributed by atoms with Gasteiger partial charge in [0.05, 0.1) is 0 Å². The first-order valence-corrected chi connectivity index (χ1v) is 8.49. The molecule has 0 radical (unpaired) electrons. The summed E-state index contributed by atoms with van der Waals surface area (Å²) in [7, 11) is 0. The van der Waals surface area contributed by atoms with Gasteiger partial charge < -0.3 is 24.7 Å². The van der Waals surface area contributed by atoms with Gasteiger partial charge in [0, 0.05) is 22.9 Å². The van der Waals surface area contributed by atoms with Crippen molar-refractivity contribution in [3.63, 3.8) is 0 Å². The molecule has 0 saturated heterocycles. The van der Waals surface area contributed by atoms with E-state index in [2.05, 4.69) is 5.32 Å². The largest absolute Gasteiger partial charge is 0.456 e. The number of aliphatic hydroxyl groups is 2. The molecular weight excluding hydrogens is 334 g/mol. The molecule has 1 heterocycles. The maximum atomic E-state index is 11.7. The van der Waals surface area contributed by atoms with Crippen molar-refractivity contribution >= 4 is 28.0 Å². The summed E-state index contributed by atoms with van der Waals surface area (Å²) in [5, 5.41) is 25.1. The summed E-state index contributed by atoms with van der Waals surface area (Å²) in [6, 6.07) is 13.0. The van der Waals surface area contributed by atoms with Crippen molar-refractivity contribution in [2.75, 3.05) is 6.54 Å². The van der Waals surface area contributed by atoms with Crippen molar-refractivity contribution in [3.8, 4) is 0 Å². The molecule has 3 aromatic rings. The second-order valence-electron chi connectivity index (χ2n) is 7.22. The molecule has 26 heavy (non-hydrogen) atoms. The predicted octanol–water partition coefficient (Wildman–Crippen LogP) is 3.51. The van der Waals surface area contributed by atoms with Gasteiger partial charge in [0.15, 0.2) is 0 Å². The van der Waals surface area contributed by atoms with E-state index in [1.807, 2.05) is 30.3 Å². The Bertz CT molecular complexity index is 925. The van der Waals surface area contributed by atoms with Gasteiger partial charge in [-0.2, -0.15) is 0 Å². The van der Waals surface area contributed by atoms with Gasteiger partial charge in [-0.05, 0) is 26.8 Å². The highest BCUT2D eigenvalue weighted by atomic mass is 16.6. The Labute approximate surface area is 151 Å². The molecule has 0 spiro atoms. The Hall–Kier alpha value is -2.57. The minimum absolute atomic E-state index is 0.146. The lowest BCUT2D eigenvalue weighted by molar-refractivity contribution is 0.0132. The number of alkyl carbamates (subject to hydrolysis) is 1. The number of aliphatic hydroxyl groups excluding tert-OH is 2. The lowest BCUT2D eigenvalue weighted by atomic mass is 10.0. The molecule has 1 aromatic heterocycles. The number of hydrogen-bond donors (Lipinski definition) is 3. The summed E-state index contributed by atoms with van der Waals surface area (Å²) in [4.78, 5) is 11.7. The van der Waals surface area contributed by atoms with Gasteiger partial charge >= 0.3 is 6.09 Å². The van der Waals surface area contributed by atoms with Gasteiger partial charge in [-0.1, -0.05) is 36.4 Å². The number of fused-ring (bicyclic) bond motifs is 3. The minimum atomic E-state index is -1.21. The highest BCUT2D eigenvalue weighted by molar-refractivity contribution is 6.05. The molecule has 3 N–H and O–H groups in total. The molecule has 0 aliphatic heterocycles. The van der Waals surface area contributed by atoms with Crippen molar-refractivity contribution in [1.82, 2.24) is 5.32 Å². The molecule has 0 aliphatic carbocycles. The average Bonchev–Trinajstić information content (AvgIpc) is 2.96. The topological polar surface area (TPSA) is 91.9 Å². The van der Waals surface area contributed by atoms with Crippen LogP contribution in [0.3, 0.4) is 0 Å². The Morgan fingerprint density at radius 1 is 1.12 bits per heavy atom. The number of ether oxygens (including phenoxy) is 1. The normalized spacial score (nSPS) is 14.3. The molecule has 0 fully saturated rings. The fourth-order valence-corrected chi connectivity index (χ4v) is 2.82. The summed E-state index contributed by atoms with van der Waals surface area (Å²) < 4.78 is 11.0. The predicted molar refractivity (Wildman–Crippen MR) is 98.9 cm³/mol. The molecule has 0 aliphatic rings. The first-order chi connectivity index (χ1) is 12.3. The number of carbonyl (C=O) groups excluding carboxylic acids is 1. The van der Waals surface area contributed by atoms with Crippen molar-refractivity contribution in [3.05, 3.63) is 48.0 Å². The lowest BCUT2D eigenvalue weighted by Crippen LogP contribution is -2.38. The number of amides is 1. The van der Waals surface area contributed by atoms with Crippen LogP contribution in [0, 0.1) is 0 Å². The smallest absolute Gasteiger partial charge is 0.407 e. The third kappa shape index (κ3) is 3.81. The number of carbonyl (C=O) groups is 1. The number of rotatable bonds is 4. The minimum Gasteiger partial charge on any atom is -0.456 e. The Morgan fingerprint density at radius 3 is 2.54 bits per heavy atom. The van der Waals surface area contributed by atoms with Crippen LogP contribution in [0.5, 0.6) is 0 Å². The van der Waals surface area contributed by atoms with E-state index in [4.69, 9.17) is 9.15 Å². The second kappa shape index (κ2) is 6.97. The molecule has 0 bridgehead atoms. The monoisotopic (exact) mass is 357 g/mol. The van der Waals surface area contributed by atoms with E-state index < -0.39 is 23.9 Å². The lowest BCUT2D eigenvalue weighted by Gasteiger charge is -2.22. The van der Waals surface area contributed by atoms with Crippen LogP contribution in [0.2, 0.25) is 0 Å². The molecule has 1 amide bonds. The second-order valence-corrected chi connectivity index (χ2v) is 7.22. The van der Waals surface area contributed by atoms with Gasteiger partial charge in [0.1, 0.15) is 29.0 Å². The maximum absolute atomic E-state index is 11.7. The standard InChI is InChI=1S/C20H23NO5/c1-20(2,3)26-19(24)21-11-15(22)17(23)14-9-6-8-13-12-7-4-5-10-16(12)25-18(13)14/h4-10,15,17,22-23H,11H2,1-3H3,(H,21,24). The van der Waals surface area contributed by atoms with E-state index in [0.29, 0.717) is 16.7 Å². The van der Waals surface area contributed by atoms with Gasteiger partial charge in [0.25, 0.3) is 0 Å². The molecular formula is C20H23NO5. The first-order valence-electron chi connectivity index (χ1n) is 8.49. The van der Waals surface area contributed by atoms with Crippen LogP contribution < -0.4 is 5.32 Å². The number of benzene rings is 2. The quantitative estimate of drug-likeness (QED) is 0.665. The molecule has 0 saturated carbocycles. The molecule has 138 valence electrons. The van der Waals surface area contributed by atoms with Crippen molar-refractivity contribution < 1.29 is 24.2 Å². The molecule has 2 aromatic carbocycles. The summed E-state index contributed by atoms with van der Waals surface area (Å²) in [5.74, 6) is 0. The Morgan fingerprint density at radius 2 is 1.81 bits per heavy atom. The van der Waals surface area contributed by atoms with Gasteiger partial charge in [-0.3, -0.25) is 0 Å². The van der Waals surface area contributed by atoms with E-state index in [0.717, 1.165) is 10.8 Å². The average molecular weight is 357 g/mol. The number of furan rings is 1. The van der Waals surface area contributed by atoms with Crippen LogP contribution in [0.1, 0.15) is 32.4 Å². The van der Waals surface area contributed by atoms with E-state index in [1.54, 1.807) is 32.9 Å². The van der Waals surface area contributed by atoms with E-state index in [-0.39, 0.29) is 6.54 Å². The van der Waals surface area contributed by atoms with Crippen LogP contribution in [-0.4, -0.2) is 34.6 Å². The highest BCUT2D eigenvalue weighted by Crippen LogP contribution is 2.34. The SMILES string of the molecule is CC(C)(C)OC(=O)NCC(O)C(O)c1cccc2c1oc1ccccc12. The third-order valence-electron chi connectivity index (χ3n) is 3.97. The van der Waals surface area contributed by atoms with Crippen molar-refractivity contribution in [2.45, 2.75) is 38.6 Å². The molecule has 3 rings (SSSR count). The summed E-state index contributed by atoms with van der Waals surface area (Å²) in [5.41, 5.74) is 1.08. The van der Waals surface area contributed by atoms with E-state index >= 15 is 0 Å².